The Kier molecular flexibility index (Phi) is 3.81. The van der Waals surface area contributed by atoms with Gasteiger partial charge in [0.05, 0.1) is 11.3 Å². The first kappa shape index (κ1) is 12.8. The van der Waals surface area contributed by atoms with Gasteiger partial charge < -0.3 is 11.1 Å². The van der Waals surface area contributed by atoms with Gasteiger partial charge in [-0.05, 0) is 52.9 Å². The molecule has 18 heavy (non-hydrogen) atoms. The van der Waals surface area contributed by atoms with Crippen LogP contribution in [0.2, 0.25) is 0 Å². The summed E-state index contributed by atoms with van der Waals surface area (Å²) in [5, 5.41) is 2.65. The molecule has 3 nitrogen and oxygen atoms in total. The van der Waals surface area contributed by atoms with Crippen LogP contribution in [0.5, 0.6) is 0 Å². The molecule has 0 saturated heterocycles. The fourth-order valence-electron chi connectivity index (χ4n) is 1.47. The Morgan fingerprint density at radius 2 is 1.94 bits per heavy atom. The molecule has 5 heteroatoms. The van der Waals surface area contributed by atoms with Gasteiger partial charge in [-0.3, -0.25) is 4.79 Å². The molecule has 0 spiro atoms. The Bertz CT molecular complexity index is 601. The number of nitrogens with two attached hydrogens (primary N) is 1. The molecule has 0 fully saturated rings. The fourth-order valence-corrected chi connectivity index (χ4v) is 1.99. The van der Waals surface area contributed by atoms with Crippen molar-refractivity contribution < 1.29 is 9.18 Å². The zero-order valence-corrected chi connectivity index (χ0v) is 11.4. The highest BCUT2D eigenvalue weighted by molar-refractivity contribution is 14.1. The van der Waals surface area contributed by atoms with E-state index in [9.17, 15) is 9.18 Å². The lowest BCUT2D eigenvalue weighted by atomic mass is 10.1. The first-order chi connectivity index (χ1) is 8.58. The van der Waals surface area contributed by atoms with Gasteiger partial charge in [-0.15, -0.1) is 0 Å². The highest BCUT2D eigenvalue weighted by atomic mass is 127. The number of halogens is 2. The maximum Gasteiger partial charge on any atom is 0.258 e. The molecule has 0 radical (unpaired) electrons. The van der Waals surface area contributed by atoms with Crippen LogP contribution in [-0.2, 0) is 0 Å². The summed E-state index contributed by atoms with van der Waals surface area (Å²) in [6.07, 6.45) is 0. The van der Waals surface area contributed by atoms with Gasteiger partial charge in [0, 0.05) is 9.26 Å². The molecular formula is C13H10FIN2O. The van der Waals surface area contributed by atoms with Crippen molar-refractivity contribution in [3.05, 3.63) is 57.4 Å². The second-order valence-corrected chi connectivity index (χ2v) is 4.84. The molecule has 0 bridgehead atoms. The summed E-state index contributed by atoms with van der Waals surface area (Å²) in [4.78, 5) is 11.9. The van der Waals surface area contributed by atoms with Gasteiger partial charge in [0.1, 0.15) is 5.82 Å². The van der Waals surface area contributed by atoms with E-state index in [1.807, 2.05) is 12.1 Å². The Morgan fingerprint density at radius 3 is 2.67 bits per heavy atom. The molecule has 0 aromatic heterocycles. The van der Waals surface area contributed by atoms with E-state index in [-0.39, 0.29) is 5.56 Å². The maximum absolute atomic E-state index is 13.5. The molecule has 1 amide bonds. The van der Waals surface area contributed by atoms with Crippen LogP contribution in [0, 0.1) is 9.39 Å². The molecule has 0 heterocycles. The van der Waals surface area contributed by atoms with Crippen LogP contribution in [0.15, 0.2) is 42.5 Å². The van der Waals surface area contributed by atoms with Gasteiger partial charge in [-0.1, -0.05) is 12.1 Å². The van der Waals surface area contributed by atoms with E-state index in [4.69, 9.17) is 5.73 Å². The first-order valence-electron chi connectivity index (χ1n) is 5.19. The van der Waals surface area contributed by atoms with E-state index in [0.717, 1.165) is 3.57 Å². The van der Waals surface area contributed by atoms with E-state index in [1.54, 1.807) is 12.1 Å². The number of rotatable bonds is 2. The van der Waals surface area contributed by atoms with Gasteiger partial charge in [0.15, 0.2) is 0 Å². The van der Waals surface area contributed by atoms with Crippen LogP contribution >= 0.6 is 22.6 Å². The lowest BCUT2D eigenvalue weighted by molar-refractivity contribution is 0.102. The predicted octanol–water partition coefficient (Wildman–Crippen LogP) is 3.26. The number of benzene rings is 2. The number of amides is 1. The molecule has 2 rings (SSSR count). The summed E-state index contributed by atoms with van der Waals surface area (Å²) in [6.45, 7) is 0. The maximum atomic E-state index is 13.5. The third-order valence-corrected chi connectivity index (χ3v) is 3.30. The number of nitrogen functional groups attached to an aromatic ring is 1. The van der Waals surface area contributed by atoms with Crippen LogP contribution in [0.3, 0.4) is 0 Å². The minimum absolute atomic E-state index is 0.0605. The van der Waals surface area contributed by atoms with Crippen molar-refractivity contribution in [1.82, 2.24) is 0 Å². The summed E-state index contributed by atoms with van der Waals surface area (Å²) < 4.78 is 14.4. The number of carbonyl (C=O) groups is 1. The predicted molar refractivity (Wildman–Crippen MR) is 77.9 cm³/mol. The van der Waals surface area contributed by atoms with Crippen molar-refractivity contribution in [3.8, 4) is 0 Å². The number of hydrogen-bond donors (Lipinski definition) is 2. The second-order valence-electron chi connectivity index (χ2n) is 3.67. The van der Waals surface area contributed by atoms with Crippen molar-refractivity contribution >= 4 is 39.9 Å². The molecule has 0 unspecified atom stereocenters. The molecule has 0 aliphatic rings. The van der Waals surface area contributed by atoms with Crippen molar-refractivity contribution in [1.29, 1.82) is 0 Å². The van der Waals surface area contributed by atoms with Gasteiger partial charge in [0.25, 0.3) is 5.91 Å². The van der Waals surface area contributed by atoms with E-state index in [0.29, 0.717) is 11.4 Å². The van der Waals surface area contributed by atoms with Crippen LogP contribution in [-0.4, -0.2) is 5.91 Å². The first-order valence-corrected chi connectivity index (χ1v) is 6.26. The molecule has 0 aliphatic carbocycles. The normalized spacial score (nSPS) is 10.1. The monoisotopic (exact) mass is 356 g/mol. The Morgan fingerprint density at radius 1 is 1.22 bits per heavy atom. The highest BCUT2D eigenvalue weighted by Gasteiger charge is 2.13. The zero-order chi connectivity index (χ0) is 13.1. The average Bonchev–Trinajstić information content (AvgIpc) is 2.35. The largest absolute Gasteiger partial charge is 0.399 e. The van der Waals surface area contributed by atoms with Crippen molar-refractivity contribution in [3.63, 3.8) is 0 Å². The lowest BCUT2D eigenvalue weighted by Crippen LogP contribution is -2.14. The van der Waals surface area contributed by atoms with Crippen molar-refractivity contribution in [2.75, 3.05) is 11.1 Å². The zero-order valence-electron chi connectivity index (χ0n) is 9.28. The molecule has 0 saturated carbocycles. The van der Waals surface area contributed by atoms with E-state index in [1.165, 1.54) is 18.2 Å². The highest BCUT2D eigenvalue weighted by Crippen LogP contribution is 2.19. The molecule has 92 valence electrons. The number of hydrogen-bond acceptors (Lipinski definition) is 2. The van der Waals surface area contributed by atoms with Gasteiger partial charge in [0.2, 0.25) is 0 Å². The van der Waals surface area contributed by atoms with Crippen molar-refractivity contribution in [2.45, 2.75) is 0 Å². The minimum Gasteiger partial charge on any atom is -0.399 e. The summed E-state index contributed by atoms with van der Waals surface area (Å²) in [5.41, 5.74) is 6.47. The van der Waals surface area contributed by atoms with E-state index in [2.05, 4.69) is 27.9 Å². The molecule has 2 aromatic rings. The van der Waals surface area contributed by atoms with Gasteiger partial charge in [-0.2, -0.15) is 0 Å². The molecule has 3 N–H and O–H groups in total. The van der Waals surface area contributed by atoms with E-state index >= 15 is 0 Å². The standard InChI is InChI=1S/C13H10FIN2O/c14-10-6-5-8(16)7-9(10)13(18)17-12-4-2-1-3-11(12)15/h1-7H,16H2,(H,17,18). The number of anilines is 2. The molecular weight excluding hydrogens is 346 g/mol. The molecule has 2 aromatic carbocycles. The molecule has 0 aliphatic heterocycles. The van der Waals surface area contributed by atoms with Crippen molar-refractivity contribution in [2.24, 2.45) is 0 Å². The third kappa shape index (κ3) is 2.79. The lowest BCUT2D eigenvalue weighted by Gasteiger charge is -2.08. The summed E-state index contributed by atoms with van der Waals surface area (Å²) in [5.74, 6) is -1.10. The van der Waals surface area contributed by atoms with Gasteiger partial charge in [-0.25, -0.2) is 4.39 Å². The Balaban J connectivity index is 2.28. The summed E-state index contributed by atoms with van der Waals surface area (Å²) in [6, 6.07) is 11.2. The average molecular weight is 356 g/mol. The van der Waals surface area contributed by atoms with Crippen LogP contribution in [0.25, 0.3) is 0 Å². The van der Waals surface area contributed by atoms with Crippen LogP contribution < -0.4 is 11.1 Å². The minimum atomic E-state index is -0.590. The summed E-state index contributed by atoms with van der Waals surface area (Å²) in [7, 11) is 0. The Hall–Kier alpha value is -1.63. The smallest absolute Gasteiger partial charge is 0.258 e. The van der Waals surface area contributed by atoms with Gasteiger partial charge >= 0.3 is 0 Å². The fraction of sp³-hybridized carbons (Fsp3) is 0. The molecule has 0 atom stereocenters. The quantitative estimate of drug-likeness (QED) is 0.641. The topological polar surface area (TPSA) is 55.1 Å². The third-order valence-electron chi connectivity index (χ3n) is 2.36. The SMILES string of the molecule is Nc1ccc(F)c(C(=O)Nc2ccccc2I)c1. The van der Waals surface area contributed by atoms with Crippen LogP contribution in [0.4, 0.5) is 15.8 Å². The number of carbonyl (C=O) groups excluding carboxylic acids is 1. The number of para-hydroxylation sites is 1. The van der Waals surface area contributed by atoms with E-state index < -0.39 is 11.7 Å². The number of nitrogens with one attached hydrogen (secondary N) is 1. The Labute approximate surface area is 117 Å². The summed E-state index contributed by atoms with van der Waals surface area (Å²) >= 11 is 2.10. The second kappa shape index (κ2) is 5.34. The van der Waals surface area contributed by atoms with Crippen LogP contribution in [0.1, 0.15) is 10.4 Å².